The molecule has 34 heavy (non-hydrogen) atoms. The fourth-order valence-electron chi connectivity index (χ4n) is 3.89. The highest BCUT2D eigenvalue weighted by atomic mass is 32.2. The zero-order valence-electron chi connectivity index (χ0n) is 18.2. The number of hydrogen-bond donors (Lipinski definition) is 1. The molecule has 3 heterocycles. The van der Waals surface area contributed by atoms with E-state index in [4.69, 9.17) is 0 Å². The number of amides is 1. The van der Waals surface area contributed by atoms with Crippen LogP contribution in [0.2, 0.25) is 0 Å². The van der Waals surface area contributed by atoms with Gasteiger partial charge in [0.15, 0.2) is 5.01 Å². The molecule has 0 bridgehead atoms. The maximum absolute atomic E-state index is 13.6. The summed E-state index contributed by atoms with van der Waals surface area (Å²) in [7, 11) is -3.91. The first kappa shape index (κ1) is 22.3. The molecular formula is C24H21N5O3S2. The maximum atomic E-state index is 13.6. The number of rotatable bonds is 5. The van der Waals surface area contributed by atoms with Crippen molar-refractivity contribution in [3.8, 4) is 10.6 Å². The van der Waals surface area contributed by atoms with Crippen LogP contribution >= 0.6 is 11.3 Å². The molecule has 0 saturated heterocycles. The quantitative estimate of drug-likeness (QED) is 0.457. The lowest BCUT2D eigenvalue weighted by Gasteiger charge is -2.34. The highest BCUT2D eigenvalue weighted by Crippen LogP contribution is 2.31. The molecule has 10 heteroatoms. The van der Waals surface area contributed by atoms with Crippen LogP contribution in [-0.4, -0.2) is 39.9 Å². The first-order valence-electron chi connectivity index (χ1n) is 10.6. The Bertz CT molecular complexity index is 1440. The summed E-state index contributed by atoms with van der Waals surface area (Å²) in [5.74, 6) is -0.445. The van der Waals surface area contributed by atoms with Crippen LogP contribution in [0.25, 0.3) is 10.6 Å². The number of aromatic nitrogens is 3. The van der Waals surface area contributed by atoms with E-state index < -0.39 is 22.0 Å². The predicted octanol–water partition coefficient (Wildman–Crippen LogP) is 3.66. The first-order chi connectivity index (χ1) is 16.4. The average molecular weight is 492 g/mol. The Labute approximate surface area is 201 Å². The van der Waals surface area contributed by atoms with Crippen LogP contribution in [0.4, 0.5) is 5.13 Å². The number of benzene rings is 2. The molecule has 1 atom stereocenters. The normalized spacial score (nSPS) is 16.1. The molecular weight excluding hydrogens is 470 g/mol. The Hall–Kier alpha value is -3.47. The summed E-state index contributed by atoms with van der Waals surface area (Å²) in [5, 5.41) is 11.9. The zero-order chi connectivity index (χ0) is 23.7. The highest BCUT2D eigenvalue weighted by molar-refractivity contribution is 7.89. The van der Waals surface area contributed by atoms with Crippen LogP contribution in [0, 0.1) is 6.92 Å². The molecule has 0 saturated carbocycles. The number of carbonyl (C=O) groups is 1. The molecule has 1 aliphatic rings. The summed E-state index contributed by atoms with van der Waals surface area (Å²) in [6.07, 6.45) is 3.60. The number of carbonyl (C=O) groups excluding carboxylic acids is 1. The molecule has 0 aliphatic carbocycles. The van der Waals surface area contributed by atoms with E-state index in [2.05, 4.69) is 20.5 Å². The van der Waals surface area contributed by atoms with Gasteiger partial charge < -0.3 is 0 Å². The summed E-state index contributed by atoms with van der Waals surface area (Å²) >= 11 is 1.21. The fourth-order valence-corrected chi connectivity index (χ4v) is 6.19. The topological polar surface area (TPSA) is 105 Å². The number of sulfonamides is 1. The van der Waals surface area contributed by atoms with Gasteiger partial charge in [-0.3, -0.25) is 15.1 Å². The molecule has 5 rings (SSSR count). The minimum absolute atomic E-state index is 0.113. The van der Waals surface area contributed by atoms with Crippen molar-refractivity contribution < 1.29 is 13.2 Å². The lowest BCUT2D eigenvalue weighted by Crippen LogP contribution is -2.50. The molecule has 0 spiro atoms. The van der Waals surface area contributed by atoms with Gasteiger partial charge in [-0.2, -0.15) is 4.31 Å². The number of nitrogens with one attached hydrogen (secondary N) is 1. The maximum Gasteiger partial charge on any atom is 0.245 e. The van der Waals surface area contributed by atoms with Crippen molar-refractivity contribution in [3.05, 3.63) is 89.7 Å². The van der Waals surface area contributed by atoms with Crippen molar-refractivity contribution in [2.24, 2.45) is 0 Å². The number of nitrogens with zero attached hydrogens (tertiary/aromatic N) is 4. The molecule has 0 radical (unpaired) electrons. The minimum atomic E-state index is -3.91. The van der Waals surface area contributed by atoms with Crippen molar-refractivity contribution in [2.75, 3.05) is 5.32 Å². The summed E-state index contributed by atoms with van der Waals surface area (Å²) in [4.78, 5) is 17.6. The van der Waals surface area contributed by atoms with E-state index in [1.807, 2.05) is 37.3 Å². The third-order valence-corrected chi connectivity index (χ3v) is 8.46. The number of hydrogen-bond acceptors (Lipinski definition) is 7. The number of anilines is 1. The van der Waals surface area contributed by atoms with E-state index in [1.165, 1.54) is 15.6 Å². The van der Waals surface area contributed by atoms with E-state index in [0.717, 1.165) is 22.3 Å². The van der Waals surface area contributed by atoms with E-state index in [1.54, 1.807) is 42.7 Å². The molecule has 172 valence electrons. The lowest BCUT2D eigenvalue weighted by atomic mass is 9.95. The summed E-state index contributed by atoms with van der Waals surface area (Å²) in [6.45, 7) is 2.01. The first-order valence-corrected chi connectivity index (χ1v) is 12.9. The highest BCUT2D eigenvalue weighted by Gasteiger charge is 2.39. The third-order valence-electron chi connectivity index (χ3n) is 5.70. The van der Waals surface area contributed by atoms with Crippen molar-refractivity contribution >= 4 is 32.4 Å². The van der Waals surface area contributed by atoms with Gasteiger partial charge in [-0.05, 0) is 48.7 Å². The fraction of sp³-hybridized carbons (Fsp3) is 0.167. The van der Waals surface area contributed by atoms with Gasteiger partial charge in [-0.1, -0.05) is 53.3 Å². The third kappa shape index (κ3) is 4.35. The number of fused-ring (bicyclic) bond motifs is 1. The van der Waals surface area contributed by atoms with Crippen molar-refractivity contribution in [2.45, 2.75) is 30.8 Å². The Balaban J connectivity index is 1.45. The Kier molecular flexibility index (Phi) is 5.94. The van der Waals surface area contributed by atoms with E-state index in [-0.39, 0.29) is 17.9 Å². The summed E-state index contributed by atoms with van der Waals surface area (Å²) in [5.41, 5.74) is 3.58. The second-order valence-corrected chi connectivity index (χ2v) is 10.9. The van der Waals surface area contributed by atoms with Crippen LogP contribution in [0.15, 0.2) is 78.0 Å². The molecule has 8 nitrogen and oxygen atoms in total. The zero-order valence-corrected chi connectivity index (χ0v) is 19.9. The smallest absolute Gasteiger partial charge is 0.245 e. The van der Waals surface area contributed by atoms with E-state index in [9.17, 15) is 13.2 Å². The number of pyridine rings is 1. The summed E-state index contributed by atoms with van der Waals surface area (Å²) in [6, 6.07) is 17.0. The lowest BCUT2D eigenvalue weighted by molar-refractivity contribution is -0.120. The molecule has 2 aromatic carbocycles. The Morgan fingerprint density at radius 1 is 1.03 bits per heavy atom. The SMILES string of the molecule is Cc1ccc(S(=O)(=O)N2Cc3ccccc3CC2C(=O)Nc2nnc(-c3cccnc3)s2)cc1. The molecule has 1 aliphatic heterocycles. The van der Waals surface area contributed by atoms with Gasteiger partial charge >= 0.3 is 0 Å². The van der Waals surface area contributed by atoms with Crippen molar-refractivity contribution in [3.63, 3.8) is 0 Å². The molecule has 2 aromatic heterocycles. The van der Waals surface area contributed by atoms with Crippen LogP contribution in [0.3, 0.4) is 0 Å². The standard InChI is InChI=1S/C24H21N5O3S2/c1-16-8-10-20(11-9-16)34(31,32)29-15-19-6-3-2-5-17(19)13-21(29)22(30)26-24-28-27-23(33-24)18-7-4-12-25-14-18/h2-12,14,21H,13,15H2,1H3,(H,26,28,30). The molecule has 1 N–H and O–H groups in total. The number of aryl methyl sites for hydroxylation is 1. The second-order valence-electron chi connectivity index (χ2n) is 8.00. The van der Waals surface area contributed by atoms with Gasteiger partial charge in [0.2, 0.25) is 21.1 Å². The van der Waals surface area contributed by atoms with Gasteiger partial charge in [-0.25, -0.2) is 8.42 Å². The minimum Gasteiger partial charge on any atom is -0.299 e. The largest absolute Gasteiger partial charge is 0.299 e. The predicted molar refractivity (Wildman–Crippen MR) is 130 cm³/mol. The van der Waals surface area contributed by atoms with Gasteiger partial charge in [0.05, 0.1) is 4.90 Å². The monoisotopic (exact) mass is 491 g/mol. The van der Waals surface area contributed by atoms with Gasteiger partial charge in [0.1, 0.15) is 6.04 Å². The van der Waals surface area contributed by atoms with E-state index >= 15 is 0 Å². The molecule has 0 fully saturated rings. The molecule has 1 unspecified atom stereocenters. The van der Waals surface area contributed by atoms with Crippen LogP contribution < -0.4 is 5.32 Å². The Morgan fingerprint density at radius 2 is 1.79 bits per heavy atom. The van der Waals surface area contributed by atoms with Gasteiger partial charge in [0, 0.05) is 24.5 Å². The van der Waals surface area contributed by atoms with Crippen LogP contribution in [0.5, 0.6) is 0 Å². The summed E-state index contributed by atoms with van der Waals surface area (Å²) < 4.78 is 28.4. The average Bonchev–Trinajstić information content (AvgIpc) is 3.32. The van der Waals surface area contributed by atoms with E-state index in [0.29, 0.717) is 10.1 Å². The van der Waals surface area contributed by atoms with Crippen LogP contribution in [0.1, 0.15) is 16.7 Å². The van der Waals surface area contributed by atoms with Crippen molar-refractivity contribution in [1.29, 1.82) is 0 Å². The van der Waals surface area contributed by atoms with Crippen LogP contribution in [-0.2, 0) is 27.8 Å². The molecule has 4 aromatic rings. The second kappa shape index (κ2) is 9.05. The van der Waals surface area contributed by atoms with Gasteiger partial charge in [-0.15, -0.1) is 10.2 Å². The van der Waals surface area contributed by atoms with Gasteiger partial charge in [0.25, 0.3) is 0 Å². The Morgan fingerprint density at radius 3 is 2.53 bits per heavy atom. The molecule has 1 amide bonds. The van der Waals surface area contributed by atoms with Crippen molar-refractivity contribution in [1.82, 2.24) is 19.5 Å².